The second kappa shape index (κ2) is 10.2. The summed E-state index contributed by atoms with van der Waals surface area (Å²) in [5.41, 5.74) is 2.63. The fraction of sp³-hybridized carbons (Fsp3) is 0.154. The third kappa shape index (κ3) is 5.52. The van der Waals surface area contributed by atoms with E-state index >= 15 is 0 Å². The Morgan fingerprint density at radius 1 is 0.943 bits per heavy atom. The maximum absolute atomic E-state index is 13.0. The summed E-state index contributed by atoms with van der Waals surface area (Å²) in [6, 6.07) is 17.2. The molecule has 0 unspecified atom stereocenters. The molecule has 1 saturated heterocycles. The maximum atomic E-state index is 13.0. The molecule has 35 heavy (non-hydrogen) atoms. The van der Waals surface area contributed by atoms with E-state index < -0.39 is 17.8 Å². The number of nitrogens with one attached hydrogen (secondary N) is 2. The van der Waals surface area contributed by atoms with Gasteiger partial charge < -0.3 is 10.1 Å². The van der Waals surface area contributed by atoms with E-state index in [9.17, 15) is 23.6 Å². The van der Waals surface area contributed by atoms with Crippen LogP contribution in [-0.2, 0) is 29.1 Å². The van der Waals surface area contributed by atoms with E-state index in [0.717, 1.165) is 16.0 Å². The molecule has 1 aliphatic rings. The lowest BCUT2D eigenvalue weighted by atomic mass is 10.0. The Hall–Kier alpha value is -4.53. The Balaban J connectivity index is 1.40. The second-order valence-electron chi connectivity index (χ2n) is 7.88. The summed E-state index contributed by atoms with van der Waals surface area (Å²) in [6.07, 6.45) is 0.611. The van der Waals surface area contributed by atoms with Crippen LogP contribution in [0.25, 0.3) is 0 Å². The molecule has 178 valence electrons. The van der Waals surface area contributed by atoms with Gasteiger partial charge in [-0.05, 0) is 65.6 Å². The maximum Gasteiger partial charge on any atom is 0.331 e. The molecule has 0 radical (unpaired) electrons. The summed E-state index contributed by atoms with van der Waals surface area (Å²) in [4.78, 5) is 48.8. The SMILES string of the molecule is CCc1ccc(CN2C(=O)NC(=O)C2=O)cc1C(=O)NCc1ccc(Oc2ccc(F)cc2)cc1. The van der Waals surface area contributed by atoms with Gasteiger partial charge in [-0.3, -0.25) is 24.6 Å². The molecule has 5 amide bonds. The van der Waals surface area contributed by atoms with Gasteiger partial charge in [0, 0.05) is 12.1 Å². The van der Waals surface area contributed by atoms with Crippen molar-refractivity contribution in [3.63, 3.8) is 0 Å². The number of amides is 5. The van der Waals surface area contributed by atoms with Gasteiger partial charge in [0.05, 0.1) is 6.54 Å². The smallest absolute Gasteiger partial charge is 0.331 e. The van der Waals surface area contributed by atoms with Gasteiger partial charge in [0.2, 0.25) is 0 Å². The lowest BCUT2D eigenvalue weighted by Gasteiger charge is -2.15. The summed E-state index contributed by atoms with van der Waals surface area (Å²) in [5.74, 6) is -1.45. The van der Waals surface area contributed by atoms with Crippen molar-refractivity contribution in [1.29, 1.82) is 0 Å². The molecule has 9 heteroatoms. The van der Waals surface area contributed by atoms with Gasteiger partial charge in [-0.25, -0.2) is 9.18 Å². The van der Waals surface area contributed by atoms with Crippen LogP contribution < -0.4 is 15.4 Å². The number of aryl methyl sites for hydroxylation is 1. The van der Waals surface area contributed by atoms with E-state index in [4.69, 9.17) is 4.74 Å². The molecule has 0 saturated carbocycles. The third-order valence-electron chi connectivity index (χ3n) is 5.47. The van der Waals surface area contributed by atoms with Crippen LogP contribution in [0, 0.1) is 5.82 Å². The minimum absolute atomic E-state index is 0.115. The molecular formula is C26H22FN3O5. The van der Waals surface area contributed by atoms with Crippen molar-refractivity contribution in [2.24, 2.45) is 0 Å². The van der Waals surface area contributed by atoms with E-state index in [-0.39, 0.29) is 24.8 Å². The first-order valence-electron chi connectivity index (χ1n) is 10.9. The van der Waals surface area contributed by atoms with Gasteiger partial charge in [0.15, 0.2) is 0 Å². The van der Waals surface area contributed by atoms with Crippen molar-refractivity contribution < 1.29 is 28.3 Å². The van der Waals surface area contributed by atoms with Crippen LogP contribution in [0.4, 0.5) is 9.18 Å². The van der Waals surface area contributed by atoms with Gasteiger partial charge in [-0.2, -0.15) is 0 Å². The van der Waals surface area contributed by atoms with Crippen LogP contribution in [0.1, 0.15) is 34.0 Å². The quantitative estimate of drug-likeness (QED) is 0.382. The van der Waals surface area contributed by atoms with Crippen molar-refractivity contribution in [2.45, 2.75) is 26.4 Å². The standard InChI is InChI=1S/C26H22FN3O5/c1-2-18-6-3-17(15-30-25(33)24(32)29-26(30)34)13-22(18)23(31)28-14-16-4-9-20(10-5-16)35-21-11-7-19(27)8-12-21/h3-13H,2,14-15H2,1H3,(H,28,31)(H,29,32,34). The number of imide groups is 2. The number of urea groups is 1. The van der Waals surface area contributed by atoms with Gasteiger partial charge in [0.1, 0.15) is 17.3 Å². The molecular weight excluding hydrogens is 453 g/mol. The van der Waals surface area contributed by atoms with E-state index in [1.54, 1.807) is 30.3 Å². The molecule has 3 aromatic carbocycles. The predicted molar refractivity (Wildman–Crippen MR) is 124 cm³/mol. The fourth-order valence-electron chi connectivity index (χ4n) is 3.59. The highest BCUT2D eigenvalue weighted by molar-refractivity contribution is 6.44. The fourth-order valence-corrected chi connectivity index (χ4v) is 3.59. The van der Waals surface area contributed by atoms with Crippen LogP contribution in [-0.4, -0.2) is 28.7 Å². The lowest BCUT2D eigenvalue weighted by Crippen LogP contribution is -2.30. The van der Waals surface area contributed by atoms with E-state index in [1.165, 1.54) is 24.3 Å². The van der Waals surface area contributed by atoms with E-state index in [0.29, 0.717) is 29.0 Å². The summed E-state index contributed by atoms with van der Waals surface area (Å²) < 4.78 is 18.7. The number of rotatable bonds is 8. The minimum Gasteiger partial charge on any atom is -0.457 e. The molecule has 0 bridgehead atoms. The highest BCUT2D eigenvalue weighted by Crippen LogP contribution is 2.22. The van der Waals surface area contributed by atoms with Crippen molar-refractivity contribution in [3.8, 4) is 11.5 Å². The number of hydrogen-bond acceptors (Lipinski definition) is 5. The molecule has 1 aliphatic heterocycles. The number of carbonyl (C=O) groups excluding carboxylic acids is 4. The first-order valence-corrected chi connectivity index (χ1v) is 10.9. The number of carbonyl (C=O) groups is 4. The van der Waals surface area contributed by atoms with Gasteiger partial charge in [-0.15, -0.1) is 0 Å². The topological polar surface area (TPSA) is 105 Å². The van der Waals surface area contributed by atoms with Crippen molar-refractivity contribution in [1.82, 2.24) is 15.5 Å². The largest absolute Gasteiger partial charge is 0.457 e. The number of halogens is 1. The molecule has 1 heterocycles. The summed E-state index contributed by atoms with van der Waals surface area (Å²) in [6.45, 7) is 2.07. The number of ether oxygens (including phenoxy) is 1. The van der Waals surface area contributed by atoms with Gasteiger partial charge in [-0.1, -0.05) is 31.2 Å². The highest BCUT2D eigenvalue weighted by Gasteiger charge is 2.36. The zero-order chi connectivity index (χ0) is 24.9. The molecule has 8 nitrogen and oxygen atoms in total. The van der Waals surface area contributed by atoms with Crippen LogP contribution in [0.3, 0.4) is 0 Å². The number of hydrogen-bond donors (Lipinski definition) is 2. The van der Waals surface area contributed by atoms with Crippen molar-refractivity contribution >= 4 is 23.8 Å². The Bertz CT molecular complexity index is 1290. The van der Waals surface area contributed by atoms with E-state index in [2.05, 4.69) is 5.32 Å². The predicted octanol–water partition coefficient (Wildman–Crippen LogP) is 3.69. The Morgan fingerprint density at radius 2 is 1.57 bits per heavy atom. The molecule has 0 atom stereocenters. The lowest BCUT2D eigenvalue weighted by molar-refractivity contribution is -0.140. The molecule has 3 aromatic rings. The third-order valence-corrected chi connectivity index (χ3v) is 5.47. The molecule has 4 rings (SSSR count). The monoisotopic (exact) mass is 475 g/mol. The molecule has 0 aliphatic carbocycles. The number of nitrogens with zero attached hydrogens (tertiary/aromatic N) is 1. The molecule has 0 aromatic heterocycles. The molecule has 0 spiro atoms. The Kier molecular flexibility index (Phi) is 6.86. The Labute approximate surface area is 200 Å². The van der Waals surface area contributed by atoms with E-state index in [1.807, 2.05) is 24.4 Å². The highest BCUT2D eigenvalue weighted by atomic mass is 19.1. The van der Waals surface area contributed by atoms with Crippen LogP contribution >= 0.6 is 0 Å². The van der Waals surface area contributed by atoms with Crippen molar-refractivity contribution in [3.05, 3.63) is 94.8 Å². The summed E-state index contributed by atoms with van der Waals surface area (Å²) in [5, 5.41) is 4.83. The molecule has 1 fully saturated rings. The van der Waals surface area contributed by atoms with Crippen LogP contribution in [0.15, 0.2) is 66.7 Å². The van der Waals surface area contributed by atoms with Gasteiger partial charge in [0.25, 0.3) is 5.91 Å². The molecule has 2 N–H and O–H groups in total. The zero-order valence-corrected chi connectivity index (χ0v) is 18.8. The number of benzene rings is 3. The van der Waals surface area contributed by atoms with Crippen molar-refractivity contribution in [2.75, 3.05) is 0 Å². The minimum atomic E-state index is -0.966. The van der Waals surface area contributed by atoms with Gasteiger partial charge >= 0.3 is 17.8 Å². The average Bonchev–Trinajstić information content (AvgIpc) is 3.10. The zero-order valence-electron chi connectivity index (χ0n) is 18.8. The van der Waals surface area contributed by atoms with Crippen LogP contribution in [0.2, 0.25) is 0 Å². The average molecular weight is 475 g/mol. The van der Waals surface area contributed by atoms with Crippen LogP contribution in [0.5, 0.6) is 11.5 Å². The first kappa shape index (κ1) is 23.6. The Morgan fingerprint density at radius 3 is 2.17 bits per heavy atom. The first-order chi connectivity index (χ1) is 16.8. The second-order valence-corrected chi connectivity index (χ2v) is 7.88. The summed E-state index contributed by atoms with van der Waals surface area (Å²) in [7, 11) is 0. The normalized spacial score (nSPS) is 13.1. The summed E-state index contributed by atoms with van der Waals surface area (Å²) >= 11 is 0.